The largest absolute Gasteiger partial charge is 0.312 e. The van der Waals surface area contributed by atoms with Gasteiger partial charge in [-0.05, 0) is 42.9 Å². The van der Waals surface area contributed by atoms with Crippen LogP contribution in [0, 0.1) is 11.8 Å². The van der Waals surface area contributed by atoms with Crippen molar-refractivity contribution in [2.45, 2.75) is 39.5 Å². The molecule has 0 unspecified atom stereocenters. The van der Waals surface area contributed by atoms with Crippen LogP contribution < -0.4 is 10.2 Å². The van der Waals surface area contributed by atoms with Crippen LogP contribution in [0.4, 0.5) is 10.8 Å². The van der Waals surface area contributed by atoms with E-state index in [1.807, 2.05) is 36.3 Å². The van der Waals surface area contributed by atoms with Crippen LogP contribution in [0.25, 0.3) is 11.3 Å². The van der Waals surface area contributed by atoms with E-state index >= 15 is 0 Å². The van der Waals surface area contributed by atoms with E-state index in [1.54, 1.807) is 0 Å². The average molecular weight is 369 g/mol. The van der Waals surface area contributed by atoms with Crippen LogP contribution in [0.2, 0.25) is 0 Å². The predicted octanol–water partition coefficient (Wildman–Crippen LogP) is 4.09. The van der Waals surface area contributed by atoms with Crippen LogP contribution in [0.15, 0.2) is 23.6 Å². The summed E-state index contributed by atoms with van der Waals surface area (Å²) >= 11 is 1.44. The maximum absolute atomic E-state index is 12.4. The highest BCUT2D eigenvalue weighted by Crippen LogP contribution is 2.38. The lowest BCUT2D eigenvalue weighted by Gasteiger charge is -2.17. The minimum Gasteiger partial charge on any atom is -0.312 e. The highest BCUT2D eigenvalue weighted by molar-refractivity contribution is 7.14. The van der Waals surface area contributed by atoms with Crippen molar-refractivity contribution in [2.75, 3.05) is 16.8 Å². The Morgan fingerprint density at radius 1 is 1.35 bits per heavy atom. The summed E-state index contributed by atoms with van der Waals surface area (Å²) in [6.07, 6.45) is 3.46. The molecule has 1 fully saturated rings. The van der Waals surface area contributed by atoms with Crippen molar-refractivity contribution < 1.29 is 9.59 Å². The van der Waals surface area contributed by atoms with Gasteiger partial charge in [0.2, 0.25) is 11.8 Å². The molecule has 26 heavy (non-hydrogen) atoms. The Morgan fingerprint density at radius 3 is 2.88 bits per heavy atom. The molecule has 1 saturated carbocycles. The fourth-order valence-electron chi connectivity index (χ4n) is 3.35. The van der Waals surface area contributed by atoms with E-state index in [-0.39, 0.29) is 17.7 Å². The molecule has 4 rings (SSSR count). The number of fused-ring (bicyclic) bond motifs is 1. The fourth-order valence-corrected chi connectivity index (χ4v) is 4.08. The minimum absolute atomic E-state index is 0.00378. The Hall–Kier alpha value is -2.21. The van der Waals surface area contributed by atoms with Gasteiger partial charge in [0.25, 0.3) is 0 Å². The molecule has 0 saturated heterocycles. The van der Waals surface area contributed by atoms with Gasteiger partial charge >= 0.3 is 0 Å². The SMILES string of the molecule is CC(C)CC(=O)Nc1nc(-c2ccc3c(c2)CCN3C(=O)C2CC2)cs1. The summed E-state index contributed by atoms with van der Waals surface area (Å²) in [5.74, 6) is 0.855. The minimum atomic E-state index is 0.00378. The molecule has 2 aromatic rings. The summed E-state index contributed by atoms with van der Waals surface area (Å²) in [6.45, 7) is 4.82. The van der Waals surface area contributed by atoms with E-state index in [0.29, 0.717) is 17.5 Å². The third-order valence-corrected chi connectivity index (χ3v) is 5.57. The van der Waals surface area contributed by atoms with Crippen molar-refractivity contribution in [3.05, 3.63) is 29.1 Å². The van der Waals surface area contributed by atoms with E-state index in [4.69, 9.17) is 0 Å². The number of hydrogen-bond donors (Lipinski definition) is 1. The number of nitrogens with zero attached hydrogens (tertiary/aromatic N) is 2. The Balaban J connectivity index is 1.49. The zero-order valence-electron chi connectivity index (χ0n) is 15.1. The number of benzene rings is 1. The lowest BCUT2D eigenvalue weighted by Crippen LogP contribution is -2.30. The maximum atomic E-state index is 12.4. The molecule has 2 heterocycles. The standard InChI is InChI=1S/C20H23N3O2S/c1-12(2)9-18(24)22-20-21-16(11-26-20)14-5-6-17-15(10-14)7-8-23(17)19(25)13-3-4-13/h5-6,10-13H,3-4,7-9H2,1-2H3,(H,21,22,24). The van der Waals surface area contributed by atoms with Gasteiger partial charge in [-0.15, -0.1) is 11.3 Å². The summed E-state index contributed by atoms with van der Waals surface area (Å²) < 4.78 is 0. The quantitative estimate of drug-likeness (QED) is 0.863. The van der Waals surface area contributed by atoms with Crippen LogP contribution in [-0.4, -0.2) is 23.3 Å². The molecule has 5 nitrogen and oxygen atoms in total. The first-order chi connectivity index (χ1) is 12.5. The number of thiazole rings is 1. The summed E-state index contributed by atoms with van der Waals surface area (Å²) in [5, 5.41) is 5.48. The monoisotopic (exact) mass is 369 g/mol. The molecule has 1 aliphatic heterocycles. The van der Waals surface area contributed by atoms with Crippen LogP contribution >= 0.6 is 11.3 Å². The maximum Gasteiger partial charge on any atom is 0.230 e. The first-order valence-corrected chi connectivity index (χ1v) is 10.1. The zero-order valence-corrected chi connectivity index (χ0v) is 15.9. The second-order valence-corrected chi connectivity index (χ2v) is 8.40. The number of anilines is 2. The number of hydrogen-bond acceptors (Lipinski definition) is 4. The van der Waals surface area contributed by atoms with E-state index in [9.17, 15) is 9.59 Å². The number of aromatic nitrogens is 1. The third kappa shape index (κ3) is 3.51. The molecule has 0 spiro atoms. The molecule has 1 aromatic carbocycles. The van der Waals surface area contributed by atoms with Crippen LogP contribution in [0.5, 0.6) is 0 Å². The second kappa shape index (κ2) is 6.83. The van der Waals surface area contributed by atoms with Gasteiger partial charge < -0.3 is 10.2 Å². The second-order valence-electron chi connectivity index (χ2n) is 7.54. The number of amides is 2. The Kier molecular flexibility index (Phi) is 4.53. The molecule has 1 aliphatic carbocycles. The van der Waals surface area contributed by atoms with E-state index in [0.717, 1.165) is 42.8 Å². The van der Waals surface area contributed by atoms with Crippen molar-refractivity contribution in [1.82, 2.24) is 4.98 Å². The summed E-state index contributed by atoms with van der Waals surface area (Å²) in [5.41, 5.74) is 4.15. The highest BCUT2D eigenvalue weighted by Gasteiger charge is 2.36. The summed E-state index contributed by atoms with van der Waals surface area (Å²) in [6, 6.07) is 6.19. The highest BCUT2D eigenvalue weighted by atomic mass is 32.1. The van der Waals surface area contributed by atoms with Crippen LogP contribution in [0.3, 0.4) is 0 Å². The first kappa shape index (κ1) is 17.2. The lowest BCUT2D eigenvalue weighted by molar-refractivity contribution is -0.119. The predicted molar refractivity (Wildman–Crippen MR) is 104 cm³/mol. The molecule has 0 radical (unpaired) electrons. The molecular formula is C20H23N3O2S. The van der Waals surface area contributed by atoms with Crippen molar-refractivity contribution in [2.24, 2.45) is 11.8 Å². The summed E-state index contributed by atoms with van der Waals surface area (Å²) in [4.78, 5) is 30.8. The number of carbonyl (C=O) groups excluding carboxylic acids is 2. The molecule has 1 N–H and O–H groups in total. The number of carbonyl (C=O) groups is 2. The molecular weight excluding hydrogens is 346 g/mol. The van der Waals surface area contributed by atoms with Gasteiger partial charge in [-0.2, -0.15) is 0 Å². The van der Waals surface area contributed by atoms with Crippen molar-refractivity contribution in [1.29, 1.82) is 0 Å². The van der Waals surface area contributed by atoms with Gasteiger partial charge in [-0.1, -0.05) is 19.9 Å². The third-order valence-electron chi connectivity index (χ3n) is 4.81. The van der Waals surface area contributed by atoms with Gasteiger partial charge in [0, 0.05) is 35.5 Å². The van der Waals surface area contributed by atoms with E-state index < -0.39 is 0 Å². The summed E-state index contributed by atoms with van der Waals surface area (Å²) in [7, 11) is 0. The molecule has 2 aliphatic rings. The molecule has 136 valence electrons. The molecule has 2 amide bonds. The fraction of sp³-hybridized carbons (Fsp3) is 0.450. The Bertz CT molecular complexity index is 854. The van der Waals surface area contributed by atoms with E-state index in [2.05, 4.69) is 16.4 Å². The topological polar surface area (TPSA) is 62.3 Å². The van der Waals surface area contributed by atoms with Crippen LogP contribution in [0.1, 0.15) is 38.7 Å². The zero-order chi connectivity index (χ0) is 18.3. The smallest absolute Gasteiger partial charge is 0.230 e. The van der Waals surface area contributed by atoms with E-state index in [1.165, 1.54) is 16.9 Å². The molecule has 0 atom stereocenters. The van der Waals surface area contributed by atoms with Gasteiger partial charge in [0.05, 0.1) is 5.69 Å². The number of rotatable bonds is 5. The average Bonchev–Trinajstić information content (AvgIpc) is 3.20. The molecule has 0 bridgehead atoms. The van der Waals surface area contributed by atoms with Crippen molar-refractivity contribution >= 4 is 34.0 Å². The van der Waals surface area contributed by atoms with Gasteiger partial charge in [-0.25, -0.2) is 4.98 Å². The van der Waals surface area contributed by atoms with Crippen molar-refractivity contribution in [3.8, 4) is 11.3 Å². The Labute approximate surface area is 157 Å². The van der Waals surface area contributed by atoms with Gasteiger partial charge in [-0.3, -0.25) is 9.59 Å². The molecule has 1 aromatic heterocycles. The van der Waals surface area contributed by atoms with Gasteiger partial charge in [0.15, 0.2) is 5.13 Å². The normalized spacial score (nSPS) is 16.0. The van der Waals surface area contributed by atoms with Crippen LogP contribution in [-0.2, 0) is 16.0 Å². The van der Waals surface area contributed by atoms with Crippen molar-refractivity contribution in [3.63, 3.8) is 0 Å². The molecule has 6 heteroatoms. The van der Waals surface area contributed by atoms with Gasteiger partial charge in [0.1, 0.15) is 0 Å². The number of nitrogens with one attached hydrogen (secondary N) is 1. The Morgan fingerprint density at radius 2 is 2.15 bits per heavy atom. The first-order valence-electron chi connectivity index (χ1n) is 9.21. The lowest BCUT2D eigenvalue weighted by atomic mass is 10.1.